The molecule has 0 radical (unpaired) electrons. The number of carbonyl (C=O) groups is 1. The molecule has 1 N–H and O–H groups in total. The van der Waals surface area contributed by atoms with Gasteiger partial charge in [0.05, 0.1) is 0 Å². The lowest BCUT2D eigenvalue weighted by Gasteiger charge is -2.05. The Kier molecular flexibility index (Phi) is 6.18. The number of carbonyl (C=O) groups excluding carboxylic acids is 1. The number of nitrogens with one attached hydrogen (secondary N) is 1. The second-order valence-corrected chi connectivity index (χ2v) is 5.38. The fourth-order valence-electron chi connectivity index (χ4n) is 1.91. The van der Waals surface area contributed by atoms with Crippen LogP contribution in [0.1, 0.15) is 16.7 Å². The molecule has 0 heterocycles. The highest BCUT2D eigenvalue weighted by atomic mass is 35.5. The molecule has 0 aliphatic heterocycles. The number of rotatable bonds is 5. The van der Waals surface area contributed by atoms with Crippen LogP contribution < -0.4 is 5.32 Å². The summed E-state index contributed by atoms with van der Waals surface area (Å²) in [6, 6.07) is 12.3. The van der Waals surface area contributed by atoms with Gasteiger partial charge in [0.2, 0.25) is 0 Å². The van der Waals surface area contributed by atoms with Crippen LogP contribution in [-0.4, -0.2) is 12.6 Å². The third-order valence-corrected chi connectivity index (χ3v) is 3.56. The number of amides is 1. The number of alkyl carbamates (subject to hydrolysis) is 1. The molecule has 0 aliphatic rings. The molecular formula is C18H17ClFNO2. The van der Waals surface area contributed by atoms with Crippen LogP contribution in [0.4, 0.5) is 9.18 Å². The normalized spacial score (nSPS) is 10.7. The minimum absolute atomic E-state index is 0.210. The van der Waals surface area contributed by atoms with Gasteiger partial charge in [-0.25, -0.2) is 9.18 Å². The summed E-state index contributed by atoms with van der Waals surface area (Å²) in [4.78, 5) is 11.5. The number of benzene rings is 2. The first-order valence-electron chi connectivity index (χ1n) is 7.13. The molecule has 2 aromatic carbocycles. The number of ether oxygens (including phenoxy) is 1. The van der Waals surface area contributed by atoms with E-state index in [1.165, 1.54) is 6.07 Å². The maximum absolute atomic E-state index is 13.7. The van der Waals surface area contributed by atoms with Crippen molar-refractivity contribution in [1.29, 1.82) is 0 Å². The van der Waals surface area contributed by atoms with Gasteiger partial charge in [-0.3, -0.25) is 0 Å². The summed E-state index contributed by atoms with van der Waals surface area (Å²) in [6.07, 6.45) is 2.72. The topological polar surface area (TPSA) is 38.3 Å². The van der Waals surface area contributed by atoms with Gasteiger partial charge in [-0.15, -0.1) is 0 Å². The minimum atomic E-state index is -0.522. The second-order valence-electron chi connectivity index (χ2n) is 4.97. The summed E-state index contributed by atoms with van der Waals surface area (Å²) in [7, 11) is 0. The molecule has 0 bridgehead atoms. The zero-order valence-electron chi connectivity index (χ0n) is 12.7. The minimum Gasteiger partial charge on any atom is -0.445 e. The van der Waals surface area contributed by atoms with Crippen LogP contribution in [0.15, 0.2) is 48.5 Å². The number of aryl methyl sites for hydroxylation is 1. The van der Waals surface area contributed by atoms with Crippen LogP contribution in [-0.2, 0) is 11.3 Å². The van der Waals surface area contributed by atoms with Crippen LogP contribution in [0.5, 0.6) is 0 Å². The summed E-state index contributed by atoms with van der Waals surface area (Å²) in [5, 5.41) is 2.96. The maximum atomic E-state index is 13.7. The largest absolute Gasteiger partial charge is 0.445 e. The highest BCUT2D eigenvalue weighted by Gasteiger charge is 2.04. The molecule has 23 heavy (non-hydrogen) atoms. The van der Waals surface area contributed by atoms with Gasteiger partial charge in [0.1, 0.15) is 12.4 Å². The van der Waals surface area contributed by atoms with Gasteiger partial charge in [-0.1, -0.05) is 54.1 Å². The van der Waals surface area contributed by atoms with Crippen molar-refractivity contribution in [2.24, 2.45) is 0 Å². The van der Waals surface area contributed by atoms with E-state index in [4.69, 9.17) is 16.3 Å². The fourth-order valence-corrected chi connectivity index (χ4v) is 2.06. The van der Waals surface area contributed by atoms with Crippen LogP contribution in [0.2, 0.25) is 5.02 Å². The van der Waals surface area contributed by atoms with Crippen LogP contribution in [0.25, 0.3) is 6.08 Å². The van der Waals surface area contributed by atoms with Gasteiger partial charge in [0, 0.05) is 17.1 Å². The summed E-state index contributed by atoms with van der Waals surface area (Å²) in [5.74, 6) is -0.400. The van der Waals surface area contributed by atoms with E-state index in [0.717, 1.165) is 11.1 Å². The molecule has 0 saturated carbocycles. The smallest absolute Gasteiger partial charge is 0.407 e. The summed E-state index contributed by atoms with van der Waals surface area (Å²) < 4.78 is 18.7. The first-order chi connectivity index (χ1) is 11.1. The lowest BCUT2D eigenvalue weighted by molar-refractivity contribution is 0.141. The fraction of sp³-hybridized carbons (Fsp3) is 0.167. The lowest BCUT2D eigenvalue weighted by atomic mass is 10.1. The van der Waals surface area contributed by atoms with E-state index < -0.39 is 11.9 Å². The Bertz CT molecular complexity index is 702. The Balaban J connectivity index is 1.78. The Morgan fingerprint density at radius 2 is 2.04 bits per heavy atom. The Morgan fingerprint density at radius 3 is 2.78 bits per heavy atom. The molecule has 0 unspecified atom stereocenters. The zero-order chi connectivity index (χ0) is 16.7. The van der Waals surface area contributed by atoms with Crippen molar-refractivity contribution in [2.75, 3.05) is 6.54 Å². The van der Waals surface area contributed by atoms with E-state index in [1.807, 2.05) is 30.3 Å². The van der Waals surface area contributed by atoms with E-state index in [9.17, 15) is 9.18 Å². The molecule has 0 aliphatic carbocycles. The van der Waals surface area contributed by atoms with Crippen LogP contribution in [0.3, 0.4) is 0 Å². The predicted octanol–water partition coefficient (Wildman–Crippen LogP) is 4.73. The van der Waals surface area contributed by atoms with Crippen molar-refractivity contribution >= 4 is 23.8 Å². The van der Waals surface area contributed by atoms with Crippen molar-refractivity contribution in [3.8, 4) is 0 Å². The molecular weight excluding hydrogens is 317 g/mol. The number of hydrogen-bond acceptors (Lipinski definition) is 2. The molecule has 0 aromatic heterocycles. The highest BCUT2D eigenvalue weighted by Crippen LogP contribution is 2.20. The van der Waals surface area contributed by atoms with E-state index in [1.54, 1.807) is 25.1 Å². The van der Waals surface area contributed by atoms with Gasteiger partial charge in [0.25, 0.3) is 0 Å². The van der Waals surface area contributed by atoms with Gasteiger partial charge in [0.15, 0.2) is 0 Å². The average molecular weight is 334 g/mol. The Labute approximate surface area is 139 Å². The van der Waals surface area contributed by atoms with Gasteiger partial charge >= 0.3 is 6.09 Å². The Hall–Kier alpha value is -2.33. The first-order valence-corrected chi connectivity index (χ1v) is 7.51. The van der Waals surface area contributed by atoms with Crippen LogP contribution in [0, 0.1) is 12.7 Å². The third kappa shape index (κ3) is 5.42. The molecule has 0 spiro atoms. The monoisotopic (exact) mass is 333 g/mol. The summed E-state index contributed by atoms with van der Waals surface area (Å²) in [5.41, 5.74) is 2.13. The average Bonchev–Trinajstić information content (AvgIpc) is 2.55. The predicted molar refractivity (Wildman–Crippen MR) is 89.8 cm³/mol. The molecule has 3 nitrogen and oxygen atoms in total. The van der Waals surface area contributed by atoms with Gasteiger partial charge < -0.3 is 10.1 Å². The maximum Gasteiger partial charge on any atom is 0.407 e. The van der Waals surface area contributed by atoms with Crippen molar-refractivity contribution < 1.29 is 13.9 Å². The lowest BCUT2D eigenvalue weighted by Crippen LogP contribution is -2.24. The van der Waals surface area contributed by atoms with Crippen molar-refractivity contribution in [2.45, 2.75) is 13.5 Å². The van der Waals surface area contributed by atoms with Gasteiger partial charge in [-0.2, -0.15) is 0 Å². The molecule has 0 fully saturated rings. The molecule has 1 amide bonds. The van der Waals surface area contributed by atoms with E-state index in [2.05, 4.69) is 5.32 Å². The molecule has 2 rings (SSSR count). The van der Waals surface area contributed by atoms with E-state index >= 15 is 0 Å². The zero-order valence-corrected chi connectivity index (χ0v) is 13.4. The first kappa shape index (κ1) is 17.0. The SMILES string of the molecule is Cc1cc(C=CCNC(=O)OCc2ccccc2)c(F)cc1Cl. The van der Waals surface area contributed by atoms with Crippen molar-refractivity contribution in [3.05, 3.63) is 76.1 Å². The number of hydrogen-bond donors (Lipinski definition) is 1. The summed E-state index contributed by atoms with van der Waals surface area (Å²) >= 11 is 5.84. The molecule has 2 aromatic rings. The Morgan fingerprint density at radius 1 is 1.30 bits per heavy atom. The highest BCUT2D eigenvalue weighted by molar-refractivity contribution is 6.31. The third-order valence-electron chi connectivity index (χ3n) is 3.15. The number of halogens is 2. The molecule has 0 atom stereocenters. The van der Waals surface area contributed by atoms with Gasteiger partial charge in [-0.05, 0) is 30.2 Å². The quantitative estimate of drug-likeness (QED) is 0.859. The standard InChI is InChI=1S/C18H17ClFNO2/c1-13-10-15(17(20)11-16(13)19)8-5-9-21-18(22)23-12-14-6-3-2-4-7-14/h2-8,10-11H,9,12H2,1H3,(H,21,22). The summed E-state index contributed by atoms with van der Waals surface area (Å²) in [6.45, 7) is 2.26. The van der Waals surface area contributed by atoms with E-state index in [0.29, 0.717) is 10.6 Å². The molecule has 5 heteroatoms. The van der Waals surface area contributed by atoms with Crippen molar-refractivity contribution in [1.82, 2.24) is 5.32 Å². The molecule has 120 valence electrons. The second kappa shape index (κ2) is 8.34. The van der Waals surface area contributed by atoms with Crippen LogP contribution >= 0.6 is 11.6 Å². The van der Waals surface area contributed by atoms with Crippen molar-refractivity contribution in [3.63, 3.8) is 0 Å². The molecule has 0 saturated heterocycles. The van der Waals surface area contributed by atoms with E-state index in [-0.39, 0.29) is 13.2 Å².